The number of aryl methyl sites for hydroxylation is 1. The van der Waals surface area contributed by atoms with Crippen LogP contribution in [0.4, 0.5) is 10.1 Å². The highest BCUT2D eigenvalue weighted by Crippen LogP contribution is 2.37. The Hall–Kier alpha value is -2.80. The Labute approximate surface area is 168 Å². The van der Waals surface area contributed by atoms with Gasteiger partial charge in [-0.25, -0.2) is 9.37 Å². The number of nitrogens with zero attached hydrogens (tertiary/aromatic N) is 4. The molecule has 1 saturated heterocycles. The maximum atomic E-state index is 15.1. The van der Waals surface area contributed by atoms with Gasteiger partial charge >= 0.3 is 0 Å². The van der Waals surface area contributed by atoms with Crippen molar-refractivity contribution in [1.29, 1.82) is 0 Å². The van der Waals surface area contributed by atoms with Crippen molar-refractivity contribution in [2.24, 2.45) is 0 Å². The molecule has 1 aliphatic heterocycles. The molecule has 3 aromatic rings. The number of pyridine rings is 1. The van der Waals surface area contributed by atoms with Gasteiger partial charge in [-0.3, -0.25) is 14.7 Å². The van der Waals surface area contributed by atoms with Gasteiger partial charge in [-0.1, -0.05) is 6.07 Å². The maximum absolute atomic E-state index is 15.1. The molecule has 0 radical (unpaired) electrons. The number of halogens is 1. The lowest BCUT2D eigenvalue weighted by Gasteiger charge is -2.36. The molecule has 150 valence electrons. The molecule has 2 fully saturated rings. The number of aromatic amines is 1. The van der Waals surface area contributed by atoms with Gasteiger partial charge < -0.3 is 9.88 Å². The van der Waals surface area contributed by atoms with Crippen molar-refractivity contribution in [3.05, 3.63) is 63.6 Å². The molecule has 29 heavy (non-hydrogen) atoms. The lowest BCUT2D eigenvalue weighted by molar-refractivity contribution is 0.247. The normalized spacial score (nSPS) is 17.8. The Bertz CT molecular complexity index is 1100. The van der Waals surface area contributed by atoms with Gasteiger partial charge in [0.1, 0.15) is 11.2 Å². The van der Waals surface area contributed by atoms with Crippen LogP contribution in [0.5, 0.6) is 0 Å². The van der Waals surface area contributed by atoms with Crippen molar-refractivity contribution < 1.29 is 4.39 Å². The third-order valence-electron chi connectivity index (χ3n) is 5.90. The molecule has 1 N–H and O–H groups in total. The highest BCUT2D eigenvalue weighted by molar-refractivity contribution is 5.75. The SMILES string of the molecule is Cc1ccc(N2CCN(Cc3ccc4nc(C5CC5)c(=O)[nH]c4c3F)CC2)cn1. The summed E-state index contributed by atoms with van der Waals surface area (Å²) in [5.74, 6) is -0.120. The first-order chi connectivity index (χ1) is 14.1. The quantitative estimate of drug-likeness (QED) is 0.738. The number of benzene rings is 1. The van der Waals surface area contributed by atoms with Crippen LogP contribution in [0, 0.1) is 12.7 Å². The molecule has 5 rings (SSSR count). The monoisotopic (exact) mass is 393 g/mol. The predicted octanol–water partition coefficient (Wildman–Crippen LogP) is 2.97. The molecular weight excluding hydrogens is 369 g/mol. The number of nitrogens with one attached hydrogen (secondary N) is 1. The summed E-state index contributed by atoms with van der Waals surface area (Å²) in [4.78, 5) is 28.3. The average molecular weight is 393 g/mol. The second kappa shape index (κ2) is 7.22. The van der Waals surface area contributed by atoms with Gasteiger partial charge in [0.25, 0.3) is 5.56 Å². The minimum Gasteiger partial charge on any atom is -0.368 e. The molecule has 3 heterocycles. The lowest BCUT2D eigenvalue weighted by atomic mass is 10.1. The standard InChI is InChI=1S/C22H24FN5O/c1-14-2-6-17(12-24-14)28-10-8-27(9-11-28)13-16-5-7-18-21(19(16)23)26-22(29)20(25-18)15-3-4-15/h2,5-7,12,15H,3-4,8-11,13H2,1H3,(H,26,29). The molecule has 1 saturated carbocycles. The van der Waals surface area contributed by atoms with Crippen molar-refractivity contribution in [2.45, 2.75) is 32.2 Å². The van der Waals surface area contributed by atoms with E-state index in [9.17, 15) is 4.79 Å². The van der Waals surface area contributed by atoms with Crippen LogP contribution >= 0.6 is 0 Å². The van der Waals surface area contributed by atoms with E-state index in [1.807, 2.05) is 25.3 Å². The maximum Gasteiger partial charge on any atom is 0.270 e. The number of rotatable bonds is 4. The predicted molar refractivity (Wildman–Crippen MR) is 111 cm³/mol. The molecule has 1 aromatic carbocycles. The summed E-state index contributed by atoms with van der Waals surface area (Å²) in [6.45, 7) is 5.96. The number of anilines is 1. The zero-order valence-electron chi connectivity index (χ0n) is 16.5. The van der Waals surface area contributed by atoms with Gasteiger partial charge in [0.15, 0.2) is 5.82 Å². The molecule has 2 aromatic heterocycles. The fourth-order valence-corrected chi connectivity index (χ4v) is 3.99. The largest absolute Gasteiger partial charge is 0.368 e. The van der Waals surface area contributed by atoms with Crippen LogP contribution in [-0.4, -0.2) is 46.0 Å². The summed E-state index contributed by atoms with van der Waals surface area (Å²) in [6.07, 6.45) is 3.90. The van der Waals surface area contributed by atoms with Crippen molar-refractivity contribution in [3.8, 4) is 0 Å². The van der Waals surface area contributed by atoms with Crippen molar-refractivity contribution in [3.63, 3.8) is 0 Å². The Morgan fingerprint density at radius 2 is 1.93 bits per heavy atom. The zero-order valence-corrected chi connectivity index (χ0v) is 16.5. The molecule has 1 aliphatic carbocycles. The van der Waals surface area contributed by atoms with Crippen molar-refractivity contribution >= 4 is 16.7 Å². The number of hydrogen-bond acceptors (Lipinski definition) is 5. The minimum absolute atomic E-state index is 0.223. The van der Waals surface area contributed by atoms with E-state index >= 15 is 4.39 Å². The molecule has 0 amide bonds. The second-order valence-electron chi connectivity index (χ2n) is 8.08. The van der Waals surface area contributed by atoms with E-state index in [4.69, 9.17) is 0 Å². The summed E-state index contributed by atoms with van der Waals surface area (Å²) >= 11 is 0. The van der Waals surface area contributed by atoms with Gasteiger partial charge in [-0.2, -0.15) is 0 Å². The lowest BCUT2D eigenvalue weighted by Crippen LogP contribution is -2.46. The first-order valence-electron chi connectivity index (χ1n) is 10.2. The molecule has 2 aliphatic rings. The van der Waals surface area contributed by atoms with Crippen LogP contribution in [0.25, 0.3) is 11.0 Å². The van der Waals surface area contributed by atoms with E-state index in [0.29, 0.717) is 23.3 Å². The van der Waals surface area contributed by atoms with Crippen LogP contribution < -0.4 is 10.5 Å². The fraction of sp³-hybridized carbons (Fsp3) is 0.409. The summed E-state index contributed by atoms with van der Waals surface area (Å²) in [5, 5.41) is 0. The number of piperazine rings is 1. The Kier molecular flexibility index (Phi) is 4.54. The summed E-state index contributed by atoms with van der Waals surface area (Å²) in [7, 11) is 0. The number of H-pyrrole nitrogens is 1. The number of fused-ring (bicyclic) bond motifs is 1. The molecule has 6 nitrogen and oxygen atoms in total. The van der Waals surface area contributed by atoms with Crippen LogP contribution in [0.3, 0.4) is 0 Å². The van der Waals surface area contributed by atoms with E-state index in [0.717, 1.165) is 50.4 Å². The Morgan fingerprint density at radius 1 is 1.14 bits per heavy atom. The summed E-state index contributed by atoms with van der Waals surface area (Å²) < 4.78 is 15.1. The Balaban J connectivity index is 1.30. The van der Waals surface area contributed by atoms with Crippen molar-refractivity contribution in [1.82, 2.24) is 19.9 Å². The van der Waals surface area contributed by atoms with Crippen LogP contribution in [0.1, 0.15) is 35.7 Å². The molecule has 0 unspecified atom stereocenters. The van der Waals surface area contributed by atoms with Gasteiger partial charge in [-0.15, -0.1) is 0 Å². The molecule has 7 heteroatoms. The van der Waals surface area contributed by atoms with Crippen LogP contribution in [0.15, 0.2) is 35.3 Å². The zero-order chi connectivity index (χ0) is 20.0. The summed E-state index contributed by atoms with van der Waals surface area (Å²) in [5.41, 5.74) is 3.78. The Morgan fingerprint density at radius 3 is 2.62 bits per heavy atom. The van der Waals surface area contributed by atoms with Gasteiger partial charge in [0, 0.05) is 49.9 Å². The highest BCUT2D eigenvalue weighted by Gasteiger charge is 2.28. The van der Waals surface area contributed by atoms with E-state index in [2.05, 4.69) is 30.8 Å². The van der Waals surface area contributed by atoms with Gasteiger partial charge in [-0.05, 0) is 38.0 Å². The first kappa shape index (κ1) is 18.2. The molecule has 0 spiro atoms. The van der Waals surface area contributed by atoms with Crippen LogP contribution in [0.2, 0.25) is 0 Å². The molecular formula is C22H24FN5O. The van der Waals surface area contributed by atoms with E-state index in [-0.39, 0.29) is 22.8 Å². The average Bonchev–Trinajstić information content (AvgIpc) is 3.57. The topological polar surface area (TPSA) is 65.1 Å². The molecule has 0 bridgehead atoms. The van der Waals surface area contributed by atoms with Crippen molar-refractivity contribution in [2.75, 3.05) is 31.1 Å². The third kappa shape index (κ3) is 3.62. The first-order valence-corrected chi connectivity index (χ1v) is 10.2. The van der Waals surface area contributed by atoms with Gasteiger partial charge in [0.2, 0.25) is 0 Å². The summed E-state index contributed by atoms with van der Waals surface area (Å²) in [6, 6.07) is 7.75. The van der Waals surface area contributed by atoms with E-state index in [1.165, 1.54) is 0 Å². The minimum atomic E-state index is -0.361. The van der Waals surface area contributed by atoms with E-state index in [1.54, 1.807) is 6.07 Å². The fourth-order valence-electron chi connectivity index (χ4n) is 3.99. The van der Waals surface area contributed by atoms with Crippen LogP contribution in [-0.2, 0) is 6.54 Å². The third-order valence-corrected chi connectivity index (χ3v) is 5.90. The number of aromatic nitrogens is 3. The second-order valence-corrected chi connectivity index (χ2v) is 8.08. The highest BCUT2D eigenvalue weighted by atomic mass is 19.1. The van der Waals surface area contributed by atoms with Gasteiger partial charge in [0.05, 0.1) is 17.4 Å². The molecule has 0 atom stereocenters. The van der Waals surface area contributed by atoms with E-state index < -0.39 is 0 Å². The smallest absolute Gasteiger partial charge is 0.270 e. The number of hydrogen-bond donors (Lipinski definition) is 1.